The van der Waals surface area contributed by atoms with E-state index in [9.17, 15) is 14.7 Å². The summed E-state index contributed by atoms with van der Waals surface area (Å²) >= 11 is 1.55. The van der Waals surface area contributed by atoms with Crippen molar-refractivity contribution in [1.82, 2.24) is 20.5 Å². The zero-order valence-electron chi connectivity index (χ0n) is 23.9. The Morgan fingerprint density at radius 1 is 1.05 bits per heavy atom. The van der Waals surface area contributed by atoms with Crippen molar-refractivity contribution in [3.05, 3.63) is 101 Å². The van der Waals surface area contributed by atoms with Gasteiger partial charge in [0.2, 0.25) is 0 Å². The molecule has 1 amide bonds. The molecule has 10 nitrogen and oxygen atoms in total. The van der Waals surface area contributed by atoms with Gasteiger partial charge in [-0.15, -0.1) is 0 Å². The Kier molecular flexibility index (Phi) is 10.2. The van der Waals surface area contributed by atoms with Crippen LogP contribution in [0.4, 0.5) is 0 Å². The second-order valence-corrected chi connectivity index (χ2v) is 11.3. The van der Waals surface area contributed by atoms with Crippen molar-refractivity contribution in [2.24, 2.45) is 0 Å². The molecule has 11 heteroatoms. The van der Waals surface area contributed by atoms with Gasteiger partial charge in [0.25, 0.3) is 5.91 Å². The SMILES string of the molecule is CC(=O)O[C@@H](C)C(=O)NCc1cccc(-c2cccc([C@H]3O[C@@H](CSc4ncn[nH]4)C[C@@H](c4ccc(CO)cc4)O3)c2)c1. The Morgan fingerprint density at radius 3 is 2.53 bits per heavy atom. The summed E-state index contributed by atoms with van der Waals surface area (Å²) in [4.78, 5) is 27.7. The molecule has 1 aliphatic heterocycles. The van der Waals surface area contributed by atoms with Crippen LogP contribution in [0.25, 0.3) is 11.1 Å². The number of thioether (sulfide) groups is 1. The van der Waals surface area contributed by atoms with Crippen molar-refractivity contribution in [1.29, 1.82) is 0 Å². The largest absolute Gasteiger partial charge is 0.453 e. The van der Waals surface area contributed by atoms with Crippen molar-refractivity contribution in [2.75, 3.05) is 5.75 Å². The van der Waals surface area contributed by atoms with Crippen molar-refractivity contribution in [3.8, 4) is 11.1 Å². The number of ether oxygens (including phenoxy) is 3. The first kappa shape index (κ1) is 30.4. The maximum Gasteiger partial charge on any atom is 0.303 e. The number of esters is 1. The van der Waals surface area contributed by atoms with Gasteiger partial charge in [-0.25, -0.2) is 4.98 Å². The summed E-state index contributed by atoms with van der Waals surface area (Å²) in [7, 11) is 0. The first-order valence-corrected chi connectivity index (χ1v) is 15.0. The molecule has 0 unspecified atom stereocenters. The quantitative estimate of drug-likeness (QED) is 0.162. The fraction of sp³-hybridized carbons (Fsp3) is 0.312. The molecule has 1 aromatic heterocycles. The van der Waals surface area contributed by atoms with Crippen molar-refractivity contribution < 1.29 is 28.9 Å². The summed E-state index contributed by atoms with van der Waals surface area (Å²) in [5.74, 6) is -0.184. The van der Waals surface area contributed by atoms with Crippen molar-refractivity contribution in [2.45, 2.75) is 63.2 Å². The summed E-state index contributed by atoms with van der Waals surface area (Å²) in [5.41, 5.74) is 5.62. The number of carbonyl (C=O) groups is 2. The predicted octanol–water partition coefficient (Wildman–Crippen LogP) is 4.87. The number of aromatic nitrogens is 3. The van der Waals surface area contributed by atoms with Crippen LogP contribution in [-0.4, -0.2) is 50.1 Å². The molecule has 0 saturated carbocycles. The number of rotatable bonds is 11. The molecule has 4 atom stereocenters. The van der Waals surface area contributed by atoms with E-state index in [1.807, 2.05) is 66.7 Å². The number of carbonyl (C=O) groups excluding carboxylic acids is 2. The van der Waals surface area contributed by atoms with E-state index >= 15 is 0 Å². The van der Waals surface area contributed by atoms with Crippen LogP contribution >= 0.6 is 11.8 Å². The van der Waals surface area contributed by atoms with Crippen LogP contribution in [0.3, 0.4) is 0 Å². The topological polar surface area (TPSA) is 136 Å². The number of hydrogen-bond donors (Lipinski definition) is 3. The summed E-state index contributed by atoms with van der Waals surface area (Å²) in [6.45, 7) is 3.11. The number of nitrogens with one attached hydrogen (secondary N) is 2. The fourth-order valence-corrected chi connectivity index (χ4v) is 5.62. The molecule has 4 aromatic rings. The molecule has 0 spiro atoms. The van der Waals surface area contributed by atoms with E-state index in [0.29, 0.717) is 18.7 Å². The highest BCUT2D eigenvalue weighted by Gasteiger charge is 2.32. The van der Waals surface area contributed by atoms with Crippen molar-refractivity contribution >= 4 is 23.6 Å². The molecule has 224 valence electrons. The van der Waals surface area contributed by atoms with Crippen LogP contribution in [0, 0.1) is 0 Å². The fourth-order valence-electron chi connectivity index (χ4n) is 4.82. The summed E-state index contributed by atoms with van der Waals surface area (Å²) in [6.07, 6.45) is 0.390. The van der Waals surface area contributed by atoms with E-state index in [4.69, 9.17) is 14.2 Å². The molecule has 0 aliphatic carbocycles. The number of nitrogens with zero attached hydrogens (tertiary/aromatic N) is 2. The number of amides is 1. The lowest BCUT2D eigenvalue weighted by Crippen LogP contribution is -2.35. The van der Waals surface area contributed by atoms with E-state index in [0.717, 1.165) is 38.5 Å². The first-order valence-electron chi connectivity index (χ1n) is 14.0. The third kappa shape index (κ3) is 8.29. The molecule has 43 heavy (non-hydrogen) atoms. The van der Waals surface area contributed by atoms with Crippen LogP contribution in [0.5, 0.6) is 0 Å². The molecule has 5 rings (SSSR count). The number of aliphatic hydroxyl groups is 1. The van der Waals surface area contributed by atoms with Gasteiger partial charge in [0, 0.05) is 31.2 Å². The zero-order valence-corrected chi connectivity index (χ0v) is 24.8. The molecule has 3 N–H and O–H groups in total. The molecule has 0 bridgehead atoms. The molecular weight excluding hydrogens is 568 g/mol. The smallest absolute Gasteiger partial charge is 0.303 e. The van der Waals surface area contributed by atoms with E-state index < -0.39 is 18.4 Å². The molecule has 1 aliphatic rings. The van der Waals surface area contributed by atoms with Gasteiger partial charge in [-0.1, -0.05) is 72.4 Å². The lowest BCUT2D eigenvalue weighted by molar-refractivity contribution is -0.245. The summed E-state index contributed by atoms with van der Waals surface area (Å²) in [6, 6.07) is 23.8. The first-order chi connectivity index (χ1) is 20.9. The minimum atomic E-state index is -0.859. The number of hydrogen-bond acceptors (Lipinski definition) is 9. The molecule has 0 radical (unpaired) electrons. The van der Waals surface area contributed by atoms with Crippen molar-refractivity contribution in [3.63, 3.8) is 0 Å². The highest BCUT2D eigenvalue weighted by molar-refractivity contribution is 7.99. The minimum absolute atomic E-state index is 0.0121. The number of benzene rings is 3. The monoisotopic (exact) mass is 602 g/mol. The Morgan fingerprint density at radius 2 is 1.81 bits per heavy atom. The normalized spacial score (nSPS) is 19.0. The average molecular weight is 603 g/mol. The van der Waals surface area contributed by atoms with E-state index in [-0.39, 0.29) is 24.7 Å². The molecule has 3 aromatic carbocycles. The van der Waals surface area contributed by atoms with Crippen LogP contribution in [0.2, 0.25) is 0 Å². The minimum Gasteiger partial charge on any atom is -0.453 e. The Balaban J connectivity index is 1.32. The van der Waals surface area contributed by atoms with Gasteiger partial charge in [0.15, 0.2) is 17.6 Å². The van der Waals surface area contributed by atoms with Crippen LogP contribution in [0.15, 0.2) is 84.3 Å². The number of aliphatic hydroxyl groups excluding tert-OH is 1. The maximum absolute atomic E-state index is 12.3. The summed E-state index contributed by atoms with van der Waals surface area (Å²) < 4.78 is 17.9. The van der Waals surface area contributed by atoms with Gasteiger partial charge in [-0.3, -0.25) is 14.7 Å². The van der Waals surface area contributed by atoms with Gasteiger partial charge in [-0.2, -0.15) is 5.10 Å². The maximum atomic E-state index is 12.3. The number of H-pyrrole nitrogens is 1. The lowest BCUT2D eigenvalue weighted by atomic mass is 9.99. The lowest BCUT2D eigenvalue weighted by Gasteiger charge is -2.36. The Labute approximate surface area is 254 Å². The van der Waals surface area contributed by atoms with E-state index in [2.05, 4.69) is 26.6 Å². The van der Waals surface area contributed by atoms with E-state index in [1.54, 1.807) is 18.7 Å². The molecule has 1 fully saturated rings. The zero-order chi connectivity index (χ0) is 30.2. The van der Waals surface area contributed by atoms with Crippen LogP contribution in [0.1, 0.15) is 54.9 Å². The van der Waals surface area contributed by atoms with E-state index in [1.165, 1.54) is 13.3 Å². The van der Waals surface area contributed by atoms with Gasteiger partial charge in [0.1, 0.15) is 6.33 Å². The summed E-state index contributed by atoms with van der Waals surface area (Å²) in [5, 5.41) is 19.8. The van der Waals surface area contributed by atoms with Gasteiger partial charge in [-0.05, 0) is 46.9 Å². The Bertz CT molecular complexity index is 1510. The van der Waals surface area contributed by atoms with Crippen LogP contribution in [-0.2, 0) is 37.0 Å². The standard InChI is InChI=1S/C32H34N4O6S/c1-20(40-21(2)38)30(39)33-16-23-5-3-6-25(13-23)26-7-4-8-27(14-26)31-41-28(18-43-32-34-19-35-36-32)15-29(42-31)24-11-9-22(17-37)10-12-24/h3-14,19-20,28-29,31,37H,15-18H2,1-2H3,(H,33,39)(H,34,35,36)/t20-,28+,29-,31-/m0/s1. The van der Waals surface area contributed by atoms with Crippen LogP contribution < -0.4 is 5.32 Å². The second-order valence-electron chi connectivity index (χ2n) is 10.2. The molecular formula is C32H34N4O6S. The molecule has 2 heterocycles. The second kappa shape index (κ2) is 14.4. The Hall–Kier alpha value is -4.03. The molecule has 1 saturated heterocycles. The van der Waals surface area contributed by atoms with Gasteiger partial charge < -0.3 is 24.6 Å². The third-order valence-corrected chi connectivity index (χ3v) is 8.02. The highest BCUT2D eigenvalue weighted by Crippen LogP contribution is 2.40. The number of aromatic amines is 1. The van der Waals surface area contributed by atoms with Gasteiger partial charge >= 0.3 is 5.97 Å². The predicted molar refractivity (Wildman–Crippen MR) is 160 cm³/mol. The highest BCUT2D eigenvalue weighted by atomic mass is 32.2. The average Bonchev–Trinajstić information content (AvgIpc) is 3.56. The third-order valence-electron chi connectivity index (χ3n) is 7.01. The van der Waals surface area contributed by atoms with Gasteiger partial charge in [0.05, 0.1) is 18.8 Å².